The molecule has 0 bridgehead atoms. The number of rotatable bonds is 3. The minimum Gasteiger partial charge on any atom is -0.369 e. The number of benzene rings is 1. The average molecular weight is 286 g/mol. The van der Waals surface area contributed by atoms with Gasteiger partial charge in [-0.05, 0) is 31.9 Å². The lowest BCUT2D eigenvalue weighted by atomic mass is 9.85. The summed E-state index contributed by atoms with van der Waals surface area (Å²) >= 11 is 0. The molecule has 6 nitrogen and oxygen atoms in total. The predicted molar refractivity (Wildman–Crippen MR) is 77.7 cm³/mol. The first-order valence-corrected chi connectivity index (χ1v) is 7.00. The van der Waals surface area contributed by atoms with Gasteiger partial charge in [-0.2, -0.15) is 4.98 Å². The van der Waals surface area contributed by atoms with Crippen molar-refractivity contribution in [2.24, 2.45) is 5.73 Å². The summed E-state index contributed by atoms with van der Waals surface area (Å²) in [4.78, 5) is 18.1. The summed E-state index contributed by atoms with van der Waals surface area (Å²) in [5, 5.41) is 3.82. The molecule has 1 aliphatic heterocycles. The number of anilines is 1. The fourth-order valence-corrected chi connectivity index (χ4v) is 2.94. The third-order valence-corrected chi connectivity index (χ3v) is 3.95. The van der Waals surface area contributed by atoms with Gasteiger partial charge in [0.25, 0.3) is 0 Å². The van der Waals surface area contributed by atoms with Crippen LogP contribution >= 0.6 is 0 Å². The third kappa shape index (κ3) is 2.49. The highest BCUT2D eigenvalue weighted by Crippen LogP contribution is 2.38. The molecule has 1 aromatic carbocycles. The molecular weight excluding hydrogens is 268 g/mol. The van der Waals surface area contributed by atoms with Crippen molar-refractivity contribution in [1.29, 1.82) is 0 Å². The molecule has 6 heteroatoms. The van der Waals surface area contributed by atoms with Crippen LogP contribution in [0.2, 0.25) is 0 Å². The Balaban J connectivity index is 1.97. The van der Waals surface area contributed by atoms with Gasteiger partial charge in [0.05, 0.1) is 12.5 Å². The molecule has 1 aliphatic rings. The number of carbonyl (C=O) groups excluding carboxylic acids is 1. The van der Waals surface area contributed by atoms with E-state index in [1.54, 1.807) is 6.92 Å². The normalized spacial score (nSPS) is 21.1. The maximum Gasteiger partial charge on any atom is 0.246 e. The van der Waals surface area contributed by atoms with Crippen molar-refractivity contribution in [3.05, 3.63) is 41.5 Å². The van der Waals surface area contributed by atoms with Crippen LogP contribution in [0.25, 0.3) is 0 Å². The zero-order valence-corrected chi connectivity index (χ0v) is 12.1. The number of primary amides is 1. The van der Waals surface area contributed by atoms with Gasteiger partial charge in [-0.1, -0.05) is 23.4 Å². The standard InChI is InChI=1S/C15H18N4O2/c1-9-7-12(15(16)20)11-5-3-4-6-13(11)19(9)8-14-17-10(2)18-21-14/h3-6,9,12H,7-8H2,1-2H3,(H2,16,20). The van der Waals surface area contributed by atoms with E-state index < -0.39 is 0 Å². The topological polar surface area (TPSA) is 85.3 Å². The molecule has 0 radical (unpaired) electrons. The van der Waals surface area contributed by atoms with E-state index in [4.69, 9.17) is 10.3 Å². The third-order valence-electron chi connectivity index (χ3n) is 3.95. The molecule has 2 unspecified atom stereocenters. The van der Waals surface area contributed by atoms with E-state index in [9.17, 15) is 4.79 Å². The van der Waals surface area contributed by atoms with Crippen LogP contribution in [0, 0.1) is 6.92 Å². The molecule has 3 rings (SSSR count). The Morgan fingerprint density at radius 2 is 2.24 bits per heavy atom. The largest absolute Gasteiger partial charge is 0.369 e. The highest BCUT2D eigenvalue weighted by atomic mass is 16.5. The van der Waals surface area contributed by atoms with Crippen molar-refractivity contribution in [2.45, 2.75) is 38.8 Å². The molecule has 1 aromatic heterocycles. The molecule has 21 heavy (non-hydrogen) atoms. The van der Waals surface area contributed by atoms with Gasteiger partial charge in [0.15, 0.2) is 5.82 Å². The Hall–Kier alpha value is -2.37. The Morgan fingerprint density at radius 1 is 1.48 bits per heavy atom. The van der Waals surface area contributed by atoms with Gasteiger partial charge < -0.3 is 15.2 Å². The number of para-hydroxylation sites is 1. The number of aromatic nitrogens is 2. The number of nitrogens with two attached hydrogens (primary N) is 1. The first-order chi connectivity index (χ1) is 10.1. The molecular formula is C15H18N4O2. The van der Waals surface area contributed by atoms with E-state index in [2.05, 4.69) is 22.0 Å². The van der Waals surface area contributed by atoms with E-state index in [1.165, 1.54) is 0 Å². The maximum atomic E-state index is 11.7. The van der Waals surface area contributed by atoms with Crippen LogP contribution in [0.4, 0.5) is 5.69 Å². The van der Waals surface area contributed by atoms with Crippen LogP contribution in [0.15, 0.2) is 28.8 Å². The lowest BCUT2D eigenvalue weighted by molar-refractivity contribution is -0.119. The van der Waals surface area contributed by atoms with Gasteiger partial charge in [0, 0.05) is 11.7 Å². The number of nitrogens with zero attached hydrogens (tertiary/aromatic N) is 3. The molecule has 2 aromatic rings. The Morgan fingerprint density at radius 3 is 2.90 bits per heavy atom. The maximum absolute atomic E-state index is 11.7. The molecule has 0 saturated heterocycles. The summed E-state index contributed by atoms with van der Waals surface area (Å²) in [6.45, 7) is 4.41. The highest BCUT2D eigenvalue weighted by molar-refractivity contribution is 5.85. The number of amides is 1. The van der Waals surface area contributed by atoms with Crippen LogP contribution in [0.5, 0.6) is 0 Å². The summed E-state index contributed by atoms with van der Waals surface area (Å²) in [5.41, 5.74) is 7.53. The van der Waals surface area contributed by atoms with Crippen molar-refractivity contribution in [1.82, 2.24) is 10.1 Å². The highest BCUT2D eigenvalue weighted by Gasteiger charge is 2.33. The molecule has 2 heterocycles. The van der Waals surface area contributed by atoms with Gasteiger partial charge in [0.2, 0.25) is 11.8 Å². The summed E-state index contributed by atoms with van der Waals surface area (Å²) in [6, 6.07) is 8.03. The average Bonchev–Trinajstić information content (AvgIpc) is 2.87. The second-order valence-electron chi connectivity index (χ2n) is 5.46. The molecule has 1 amide bonds. The number of hydrogen-bond acceptors (Lipinski definition) is 5. The van der Waals surface area contributed by atoms with Crippen molar-refractivity contribution in [2.75, 3.05) is 4.90 Å². The van der Waals surface area contributed by atoms with Crippen molar-refractivity contribution in [3.63, 3.8) is 0 Å². The zero-order chi connectivity index (χ0) is 15.0. The van der Waals surface area contributed by atoms with Crippen LogP contribution in [0.3, 0.4) is 0 Å². The Bertz CT molecular complexity index is 667. The number of aryl methyl sites for hydroxylation is 1. The van der Waals surface area contributed by atoms with Crippen molar-refractivity contribution >= 4 is 11.6 Å². The first-order valence-electron chi connectivity index (χ1n) is 7.00. The van der Waals surface area contributed by atoms with E-state index >= 15 is 0 Å². The van der Waals surface area contributed by atoms with Gasteiger partial charge in [-0.15, -0.1) is 0 Å². The lowest BCUT2D eigenvalue weighted by Gasteiger charge is -2.39. The summed E-state index contributed by atoms with van der Waals surface area (Å²) in [6.07, 6.45) is 0.694. The van der Waals surface area contributed by atoms with Gasteiger partial charge in [-0.25, -0.2) is 0 Å². The lowest BCUT2D eigenvalue weighted by Crippen LogP contribution is -2.41. The van der Waals surface area contributed by atoms with Gasteiger partial charge in [0.1, 0.15) is 0 Å². The predicted octanol–water partition coefficient (Wildman–Crippen LogP) is 1.75. The second-order valence-corrected chi connectivity index (χ2v) is 5.46. The Labute approximate surface area is 122 Å². The van der Waals surface area contributed by atoms with Gasteiger partial charge >= 0.3 is 0 Å². The molecule has 0 fully saturated rings. The molecule has 0 spiro atoms. The monoisotopic (exact) mass is 286 g/mol. The van der Waals surface area contributed by atoms with Crippen LogP contribution in [0.1, 0.15) is 36.5 Å². The van der Waals surface area contributed by atoms with E-state index in [-0.39, 0.29) is 17.9 Å². The summed E-state index contributed by atoms with van der Waals surface area (Å²) in [5.74, 6) is 0.684. The van der Waals surface area contributed by atoms with Gasteiger partial charge in [-0.3, -0.25) is 4.79 Å². The second kappa shape index (κ2) is 5.20. The molecule has 2 atom stereocenters. The van der Waals surface area contributed by atoms with E-state index in [1.807, 2.05) is 24.3 Å². The van der Waals surface area contributed by atoms with E-state index in [0.717, 1.165) is 11.3 Å². The van der Waals surface area contributed by atoms with Crippen molar-refractivity contribution in [3.8, 4) is 0 Å². The summed E-state index contributed by atoms with van der Waals surface area (Å²) < 4.78 is 5.21. The minimum absolute atomic E-state index is 0.171. The SMILES string of the molecule is Cc1noc(CN2c3ccccc3C(C(N)=O)CC2C)n1. The Kier molecular flexibility index (Phi) is 3.37. The molecule has 110 valence electrons. The number of carbonyl (C=O) groups is 1. The minimum atomic E-state index is -0.275. The van der Waals surface area contributed by atoms with Crippen LogP contribution in [-0.4, -0.2) is 22.1 Å². The molecule has 2 N–H and O–H groups in total. The number of fused-ring (bicyclic) bond motifs is 1. The fourth-order valence-electron chi connectivity index (χ4n) is 2.94. The van der Waals surface area contributed by atoms with Crippen LogP contribution < -0.4 is 10.6 Å². The van der Waals surface area contributed by atoms with Crippen molar-refractivity contribution < 1.29 is 9.32 Å². The smallest absolute Gasteiger partial charge is 0.246 e. The summed E-state index contributed by atoms with van der Waals surface area (Å²) in [7, 11) is 0. The zero-order valence-electron chi connectivity index (χ0n) is 12.1. The quantitative estimate of drug-likeness (QED) is 0.929. The molecule has 0 saturated carbocycles. The molecule has 0 aliphatic carbocycles. The van der Waals surface area contributed by atoms with E-state index in [0.29, 0.717) is 24.7 Å². The number of hydrogen-bond donors (Lipinski definition) is 1. The van der Waals surface area contributed by atoms with Crippen LogP contribution in [-0.2, 0) is 11.3 Å². The first kappa shape index (κ1) is 13.6. The fraction of sp³-hybridized carbons (Fsp3) is 0.400.